The molecule has 0 aliphatic carbocycles. The maximum atomic E-state index is 7.00. The molecule has 0 saturated carbocycles. The Labute approximate surface area is 252 Å². The summed E-state index contributed by atoms with van der Waals surface area (Å²) >= 11 is 16.2. The number of halogens is 2. The molecule has 0 saturated heterocycles. The Morgan fingerprint density at radius 3 is 1.60 bits per heavy atom. The number of aromatic nitrogens is 2. The number of nitrogens with two attached hydrogens (primary N) is 1. The monoisotopic (exact) mass is 608 g/mol. The molecule has 0 radical (unpaired) electrons. The van der Waals surface area contributed by atoms with Crippen molar-refractivity contribution in [3.8, 4) is 22.3 Å². The van der Waals surface area contributed by atoms with Crippen molar-refractivity contribution >= 4 is 77.7 Å². The van der Waals surface area contributed by atoms with Gasteiger partial charge in [0.2, 0.25) is 0 Å². The highest BCUT2D eigenvalue weighted by molar-refractivity contribution is 7.19. The van der Waals surface area contributed by atoms with Crippen LogP contribution in [0.4, 0.5) is 11.4 Å². The van der Waals surface area contributed by atoms with Crippen LogP contribution in [0.3, 0.4) is 0 Å². The van der Waals surface area contributed by atoms with E-state index in [9.17, 15) is 0 Å². The van der Waals surface area contributed by atoms with Gasteiger partial charge in [-0.25, -0.2) is 9.97 Å². The van der Waals surface area contributed by atoms with E-state index in [1.807, 2.05) is 76.5 Å². The van der Waals surface area contributed by atoms with E-state index in [1.54, 1.807) is 22.7 Å². The van der Waals surface area contributed by atoms with Crippen LogP contribution >= 0.6 is 45.9 Å². The molecular formula is C31H30Cl2N4OS2. The van der Waals surface area contributed by atoms with Crippen molar-refractivity contribution in [2.45, 2.75) is 13.8 Å². The molecule has 206 valence electrons. The first-order chi connectivity index (χ1) is 19.2. The highest BCUT2D eigenvalue weighted by Crippen LogP contribution is 2.43. The fourth-order valence-corrected chi connectivity index (χ4v) is 6.94. The summed E-state index contributed by atoms with van der Waals surface area (Å²) in [4.78, 5) is 11.0. The van der Waals surface area contributed by atoms with E-state index in [1.165, 1.54) is 5.56 Å². The average molecular weight is 610 g/mol. The van der Waals surface area contributed by atoms with Crippen molar-refractivity contribution in [3.05, 3.63) is 92.9 Å². The summed E-state index contributed by atoms with van der Waals surface area (Å²) in [6, 6.07) is 24.6. The van der Waals surface area contributed by atoms with Crippen LogP contribution in [0, 0.1) is 13.8 Å². The van der Waals surface area contributed by atoms with E-state index in [0.29, 0.717) is 10.7 Å². The van der Waals surface area contributed by atoms with Crippen LogP contribution in [0.2, 0.25) is 10.0 Å². The van der Waals surface area contributed by atoms with Gasteiger partial charge in [0.1, 0.15) is 11.0 Å². The molecule has 2 heterocycles. The van der Waals surface area contributed by atoms with E-state index in [-0.39, 0.29) is 0 Å². The largest absolute Gasteiger partial charge is 0.400 e. The minimum Gasteiger partial charge on any atom is -0.400 e. The maximum absolute atomic E-state index is 7.00. The molecule has 9 heteroatoms. The summed E-state index contributed by atoms with van der Waals surface area (Å²) in [6.45, 7) is 3.98. The van der Waals surface area contributed by atoms with Gasteiger partial charge in [0.05, 0.1) is 40.8 Å². The second kappa shape index (κ2) is 13.0. The number of hydrogen-bond donors (Lipinski definition) is 2. The number of nitrogens with zero attached hydrogens (tertiary/aromatic N) is 3. The first kappa shape index (κ1) is 29.8. The van der Waals surface area contributed by atoms with Crippen LogP contribution in [0.5, 0.6) is 0 Å². The van der Waals surface area contributed by atoms with Gasteiger partial charge in [-0.1, -0.05) is 83.9 Å². The van der Waals surface area contributed by atoms with E-state index in [0.717, 1.165) is 65.0 Å². The van der Waals surface area contributed by atoms with Crippen molar-refractivity contribution in [3.63, 3.8) is 0 Å². The predicted octanol–water partition coefficient (Wildman–Crippen LogP) is 9.11. The van der Waals surface area contributed by atoms with Gasteiger partial charge >= 0.3 is 0 Å². The molecule has 0 aliphatic heterocycles. The molecule has 0 amide bonds. The molecule has 3 N–H and O–H groups in total. The third kappa shape index (κ3) is 6.09. The second-order valence-corrected chi connectivity index (χ2v) is 12.2. The van der Waals surface area contributed by atoms with Crippen molar-refractivity contribution in [1.82, 2.24) is 9.97 Å². The molecule has 6 aromatic rings. The van der Waals surface area contributed by atoms with Gasteiger partial charge in [-0.2, -0.15) is 0 Å². The van der Waals surface area contributed by atoms with E-state index >= 15 is 0 Å². The van der Waals surface area contributed by atoms with Gasteiger partial charge in [-0.15, -0.1) is 22.7 Å². The molecule has 0 bridgehead atoms. The fraction of sp³-hybridized carbons (Fsp3) is 0.161. The lowest BCUT2D eigenvalue weighted by atomic mass is 10.0. The number of aliphatic hydroxyl groups excluding tert-OH is 1. The molecule has 0 unspecified atom stereocenters. The normalized spacial score (nSPS) is 10.6. The highest BCUT2D eigenvalue weighted by atomic mass is 35.5. The van der Waals surface area contributed by atoms with Crippen LogP contribution < -0.4 is 10.6 Å². The standard InChI is InChI=1S/C16H15ClN2S.C14H11ClN2S.CH4O/c1-10-18-15-13(20-10)9-12(11-7-5-4-6-8-11)16(14(15)17)19(2)3;1-8-17-14-11(18-8)7-10(13(16)12(14)15)9-5-3-2-4-6-9;1-2/h4-9H,1-3H3;2-7H,16H2,1H3;2H,1H3. The molecule has 5 nitrogen and oxygen atoms in total. The summed E-state index contributed by atoms with van der Waals surface area (Å²) in [7, 11) is 5.03. The molecular weight excluding hydrogens is 579 g/mol. The Bertz CT molecular complexity index is 1750. The zero-order valence-corrected chi connectivity index (χ0v) is 26.0. The number of benzene rings is 4. The highest BCUT2D eigenvalue weighted by Gasteiger charge is 2.18. The SMILES string of the molecule is CO.Cc1nc2c(Cl)c(N(C)C)c(-c3ccccc3)cc2s1.Cc1nc2c(Cl)c(N)c(-c3ccccc3)cc2s1. The predicted molar refractivity (Wildman–Crippen MR) is 176 cm³/mol. The molecule has 40 heavy (non-hydrogen) atoms. The third-order valence-electron chi connectivity index (χ3n) is 6.09. The average Bonchev–Trinajstić information content (AvgIpc) is 3.54. The lowest BCUT2D eigenvalue weighted by Gasteiger charge is -2.19. The molecule has 0 fully saturated rings. The lowest BCUT2D eigenvalue weighted by Crippen LogP contribution is -2.11. The second-order valence-electron chi connectivity index (χ2n) is 9.02. The zero-order chi connectivity index (χ0) is 29.0. The van der Waals surface area contributed by atoms with Crippen LogP contribution in [0.1, 0.15) is 10.0 Å². The summed E-state index contributed by atoms with van der Waals surface area (Å²) in [5.41, 5.74) is 13.8. The topological polar surface area (TPSA) is 75.3 Å². The molecule has 0 aliphatic rings. The Morgan fingerprint density at radius 1 is 0.700 bits per heavy atom. The molecule has 0 atom stereocenters. The van der Waals surface area contributed by atoms with Gasteiger partial charge in [-0.3, -0.25) is 0 Å². The first-order valence-electron chi connectivity index (χ1n) is 12.4. The number of aryl methyl sites for hydroxylation is 2. The summed E-state index contributed by atoms with van der Waals surface area (Å²) in [5, 5.41) is 10.3. The smallest absolute Gasteiger partial charge is 0.102 e. The molecule has 4 aromatic carbocycles. The number of thiazole rings is 2. The van der Waals surface area contributed by atoms with Crippen molar-refractivity contribution in [1.29, 1.82) is 0 Å². The lowest BCUT2D eigenvalue weighted by molar-refractivity contribution is 0.399. The van der Waals surface area contributed by atoms with Gasteiger partial charge in [0.25, 0.3) is 0 Å². The van der Waals surface area contributed by atoms with Crippen molar-refractivity contribution in [2.75, 3.05) is 31.8 Å². The summed E-state index contributed by atoms with van der Waals surface area (Å²) in [5.74, 6) is 0. The van der Waals surface area contributed by atoms with E-state index in [4.69, 9.17) is 34.0 Å². The number of hydrogen-bond acceptors (Lipinski definition) is 7. The Balaban J connectivity index is 0.000000175. The van der Waals surface area contributed by atoms with Gasteiger partial charge in [0, 0.05) is 32.3 Å². The number of anilines is 2. The summed E-state index contributed by atoms with van der Waals surface area (Å²) < 4.78 is 2.21. The van der Waals surface area contributed by atoms with Gasteiger partial charge < -0.3 is 15.7 Å². The number of aliphatic hydroxyl groups is 1. The van der Waals surface area contributed by atoms with Gasteiger partial charge in [-0.05, 0) is 37.1 Å². The van der Waals surface area contributed by atoms with Crippen molar-refractivity contribution in [2.24, 2.45) is 0 Å². The minimum atomic E-state index is 0.552. The molecule has 6 rings (SSSR count). The van der Waals surface area contributed by atoms with Crippen molar-refractivity contribution < 1.29 is 5.11 Å². The quantitative estimate of drug-likeness (QED) is 0.196. The number of fused-ring (bicyclic) bond motifs is 2. The number of nitrogen functional groups attached to an aromatic ring is 1. The van der Waals surface area contributed by atoms with Crippen LogP contribution in [-0.4, -0.2) is 36.3 Å². The first-order valence-corrected chi connectivity index (χ1v) is 14.8. The van der Waals surface area contributed by atoms with E-state index < -0.39 is 0 Å². The Morgan fingerprint density at radius 2 is 1.12 bits per heavy atom. The number of rotatable bonds is 3. The maximum Gasteiger partial charge on any atom is 0.102 e. The zero-order valence-electron chi connectivity index (χ0n) is 22.9. The molecule has 0 spiro atoms. The van der Waals surface area contributed by atoms with Crippen LogP contribution in [0.25, 0.3) is 42.7 Å². The third-order valence-corrected chi connectivity index (χ3v) is 8.67. The minimum absolute atomic E-state index is 0.552. The summed E-state index contributed by atoms with van der Waals surface area (Å²) in [6.07, 6.45) is 0. The Kier molecular flexibility index (Phi) is 9.66. The van der Waals surface area contributed by atoms with E-state index in [2.05, 4.69) is 39.1 Å². The van der Waals surface area contributed by atoms with Gasteiger partial charge in [0.15, 0.2) is 0 Å². The van der Waals surface area contributed by atoms with Crippen LogP contribution in [0.15, 0.2) is 72.8 Å². The van der Waals surface area contributed by atoms with Crippen LogP contribution in [-0.2, 0) is 0 Å². The molecule has 2 aromatic heterocycles. The fourth-order valence-electron chi connectivity index (χ4n) is 4.41. The Hall–Kier alpha value is -3.20.